The minimum absolute atomic E-state index is 0.133. The molecule has 164 valence electrons. The van der Waals surface area contributed by atoms with Gasteiger partial charge in [-0.3, -0.25) is 9.59 Å². The van der Waals surface area contributed by atoms with Crippen LogP contribution in [-0.2, 0) is 14.3 Å². The predicted octanol–water partition coefficient (Wildman–Crippen LogP) is 3.42. The maximum Gasteiger partial charge on any atom is 0.338 e. The molecule has 2 amide bonds. The average Bonchev–Trinajstić information content (AvgIpc) is 3.34. The van der Waals surface area contributed by atoms with E-state index in [0.717, 1.165) is 5.56 Å². The van der Waals surface area contributed by atoms with E-state index in [-0.39, 0.29) is 11.3 Å². The molecule has 2 aromatic carbocycles. The fraction of sp³-hybridized carbons (Fsp3) is 0.130. The summed E-state index contributed by atoms with van der Waals surface area (Å²) in [5, 5.41) is 5.23. The van der Waals surface area contributed by atoms with Gasteiger partial charge < -0.3 is 24.5 Å². The Labute approximate surface area is 183 Å². The van der Waals surface area contributed by atoms with Crippen molar-refractivity contribution in [3.05, 3.63) is 83.3 Å². The number of carbonyl (C=O) groups is 4. The first-order valence-corrected chi connectivity index (χ1v) is 9.48. The minimum atomic E-state index is -0.727. The number of anilines is 2. The Hall–Kier alpha value is -4.40. The minimum Gasteiger partial charge on any atom is -0.465 e. The molecule has 2 N–H and O–H groups in total. The number of esters is 2. The Morgan fingerprint density at radius 2 is 1.62 bits per heavy atom. The summed E-state index contributed by atoms with van der Waals surface area (Å²) in [4.78, 5) is 48.0. The quantitative estimate of drug-likeness (QED) is 0.544. The second kappa shape index (κ2) is 10.1. The molecular weight excluding hydrogens is 416 g/mol. The first-order valence-electron chi connectivity index (χ1n) is 9.48. The van der Waals surface area contributed by atoms with E-state index in [9.17, 15) is 19.2 Å². The molecule has 3 aromatic rings. The van der Waals surface area contributed by atoms with E-state index in [4.69, 9.17) is 9.15 Å². The first kappa shape index (κ1) is 22.3. The van der Waals surface area contributed by atoms with E-state index in [1.165, 1.54) is 55.8 Å². The Morgan fingerprint density at radius 1 is 0.906 bits per heavy atom. The van der Waals surface area contributed by atoms with Gasteiger partial charge in [0.25, 0.3) is 11.8 Å². The second-order valence-electron chi connectivity index (χ2n) is 6.65. The fourth-order valence-electron chi connectivity index (χ4n) is 2.69. The second-order valence-corrected chi connectivity index (χ2v) is 6.65. The van der Waals surface area contributed by atoms with Crippen LogP contribution in [0, 0.1) is 6.92 Å². The highest BCUT2D eigenvalue weighted by atomic mass is 16.5. The number of ether oxygens (including phenoxy) is 2. The highest BCUT2D eigenvalue weighted by molar-refractivity contribution is 6.03. The van der Waals surface area contributed by atoms with Crippen molar-refractivity contribution in [1.29, 1.82) is 0 Å². The van der Waals surface area contributed by atoms with Crippen LogP contribution in [0.4, 0.5) is 11.4 Å². The van der Waals surface area contributed by atoms with Crippen molar-refractivity contribution in [3.63, 3.8) is 0 Å². The van der Waals surface area contributed by atoms with Crippen LogP contribution in [-0.4, -0.2) is 37.5 Å². The number of furan rings is 1. The molecule has 32 heavy (non-hydrogen) atoms. The summed E-state index contributed by atoms with van der Waals surface area (Å²) in [6, 6.07) is 13.8. The summed E-state index contributed by atoms with van der Waals surface area (Å²) >= 11 is 0. The third-order valence-electron chi connectivity index (χ3n) is 4.39. The summed E-state index contributed by atoms with van der Waals surface area (Å²) in [7, 11) is 1.27. The lowest BCUT2D eigenvalue weighted by Gasteiger charge is -2.10. The molecule has 0 saturated heterocycles. The summed E-state index contributed by atoms with van der Waals surface area (Å²) in [6.45, 7) is 1.26. The van der Waals surface area contributed by atoms with Gasteiger partial charge in [0, 0.05) is 11.4 Å². The molecule has 0 saturated carbocycles. The maximum atomic E-state index is 12.3. The summed E-state index contributed by atoms with van der Waals surface area (Å²) < 4.78 is 14.7. The number of methoxy groups -OCH3 is 1. The molecule has 0 aliphatic carbocycles. The molecule has 0 unspecified atom stereocenters. The van der Waals surface area contributed by atoms with Crippen LogP contribution >= 0.6 is 0 Å². The van der Waals surface area contributed by atoms with Crippen molar-refractivity contribution in [3.8, 4) is 0 Å². The van der Waals surface area contributed by atoms with Gasteiger partial charge in [-0.15, -0.1) is 0 Å². The van der Waals surface area contributed by atoms with E-state index >= 15 is 0 Å². The molecule has 9 heteroatoms. The largest absolute Gasteiger partial charge is 0.465 e. The Morgan fingerprint density at radius 3 is 2.28 bits per heavy atom. The van der Waals surface area contributed by atoms with Crippen molar-refractivity contribution in [2.75, 3.05) is 24.4 Å². The number of nitrogens with one attached hydrogen (secondary N) is 2. The number of hydrogen-bond donors (Lipinski definition) is 2. The Balaban J connectivity index is 1.56. The normalized spacial score (nSPS) is 10.2. The van der Waals surface area contributed by atoms with Crippen LogP contribution in [0.2, 0.25) is 0 Å². The lowest BCUT2D eigenvalue weighted by molar-refractivity contribution is -0.119. The van der Waals surface area contributed by atoms with E-state index in [1.54, 1.807) is 19.1 Å². The third-order valence-corrected chi connectivity index (χ3v) is 4.39. The van der Waals surface area contributed by atoms with Crippen molar-refractivity contribution in [1.82, 2.24) is 0 Å². The van der Waals surface area contributed by atoms with Crippen LogP contribution in [0.25, 0.3) is 0 Å². The lowest BCUT2D eigenvalue weighted by Crippen LogP contribution is -2.21. The van der Waals surface area contributed by atoms with Gasteiger partial charge in [-0.1, -0.05) is 6.07 Å². The van der Waals surface area contributed by atoms with E-state index in [1.807, 2.05) is 0 Å². The topological polar surface area (TPSA) is 124 Å². The fourth-order valence-corrected chi connectivity index (χ4v) is 2.69. The van der Waals surface area contributed by atoms with Crippen LogP contribution in [0.1, 0.15) is 36.8 Å². The summed E-state index contributed by atoms with van der Waals surface area (Å²) in [5.41, 5.74) is 2.08. The molecule has 0 spiro atoms. The van der Waals surface area contributed by atoms with E-state index < -0.39 is 30.4 Å². The van der Waals surface area contributed by atoms with Gasteiger partial charge in [0.05, 0.1) is 24.5 Å². The SMILES string of the molecule is COC(=O)c1ccc(NC(=O)COC(=O)c2ccc(C)c(NC(=O)c3ccco3)c2)cc1. The lowest BCUT2D eigenvalue weighted by atomic mass is 10.1. The number of carbonyl (C=O) groups excluding carboxylic acids is 4. The monoisotopic (exact) mass is 436 g/mol. The molecule has 0 aliphatic heterocycles. The number of rotatable bonds is 7. The van der Waals surface area contributed by atoms with Gasteiger partial charge in [0.15, 0.2) is 12.4 Å². The molecule has 1 aromatic heterocycles. The van der Waals surface area contributed by atoms with Gasteiger partial charge in [-0.25, -0.2) is 9.59 Å². The van der Waals surface area contributed by atoms with Gasteiger partial charge in [0.2, 0.25) is 0 Å². The average molecular weight is 436 g/mol. The number of aryl methyl sites for hydroxylation is 1. The molecule has 3 rings (SSSR count). The van der Waals surface area contributed by atoms with Crippen LogP contribution in [0.15, 0.2) is 65.3 Å². The Kier molecular flexibility index (Phi) is 7.02. The van der Waals surface area contributed by atoms with Gasteiger partial charge in [-0.05, 0) is 61.0 Å². The number of hydrogen-bond acceptors (Lipinski definition) is 7. The van der Waals surface area contributed by atoms with Crippen molar-refractivity contribution in [2.45, 2.75) is 6.92 Å². The molecule has 0 atom stereocenters. The Bertz CT molecular complexity index is 1140. The van der Waals surface area contributed by atoms with Crippen molar-refractivity contribution >= 4 is 35.1 Å². The van der Waals surface area contributed by atoms with Crippen molar-refractivity contribution in [2.24, 2.45) is 0 Å². The molecule has 0 fully saturated rings. The maximum absolute atomic E-state index is 12.3. The predicted molar refractivity (Wildman–Crippen MR) is 115 cm³/mol. The highest BCUT2D eigenvalue weighted by Crippen LogP contribution is 2.19. The van der Waals surface area contributed by atoms with Gasteiger partial charge in [-0.2, -0.15) is 0 Å². The van der Waals surface area contributed by atoms with Crippen LogP contribution in [0.3, 0.4) is 0 Å². The molecular formula is C23H20N2O7. The number of benzene rings is 2. The van der Waals surface area contributed by atoms with E-state index in [2.05, 4.69) is 15.4 Å². The van der Waals surface area contributed by atoms with Gasteiger partial charge >= 0.3 is 11.9 Å². The molecule has 0 bridgehead atoms. The first-order chi connectivity index (χ1) is 15.4. The van der Waals surface area contributed by atoms with Gasteiger partial charge in [0.1, 0.15) is 0 Å². The molecule has 9 nitrogen and oxygen atoms in total. The highest BCUT2D eigenvalue weighted by Gasteiger charge is 2.15. The smallest absolute Gasteiger partial charge is 0.338 e. The van der Waals surface area contributed by atoms with Crippen LogP contribution < -0.4 is 10.6 Å². The zero-order valence-electron chi connectivity index (χ0n) is 17.3. The zero-order chi connectivity index (χ0) is 23.1. The standard InChI is InChI=1S/C23H20N2O7/c1-14-5-6-16(12-18(14)25-21(27)19-4-3-11-31-19)23(29)32-13-20(26)24-17-9-7-15(8-10-17)22(28)30-2/h3-12H,13H2,1-2H3,(H,24,26)(H,25,27). The van der Waals surface area contributed by atoms with Crippen LogP contribution in [0.5, 0.6) is 0 Å². The number of amides is 2. The molecule has 1 heterocycles. The van der Waals surface area contributed by atoms with Crippen molar-refractivity contribution < 1.29 is 33.1 Å². The van der Waals surface area contributed by atoms with E-state index in [0.29, 0.717) is 16.9 Å². The molecule has 0 radical (unpaired) electrons. The summed E-state index contributed by atoms with van der Waals surface area (Å²) in [5.74, 6) is -2.10. The summed E-state index contributed by atoms with van der Waals surface area (Å²) in [6.07, 6.45) is 1.38. The third kappa shape index (κ3) is 5.60. The molecule has 0 aliphatic rings. The zero-order valence-corrected chi connectivity index (χ0v) is 17.3.